The summed E-state index contributed by atoms with van der Waals surface area (Å²) in [5.41, 5.74) is 4.49. The molecule has 0 saturated carbocycles. The molecule has 0 bridgehead atoms. The third kappa shape index (κ3) is 3.92. The Morgan fingerprint density at radius 1 is 1.33 bits per heavy atom. The molecule has 0 spiro atoms. The minimum atomic E-state index is -0.0196. The zero-order valence-electron chi connectivity index (χ0n) is 17.1. The Morgan fingerprint density at radius 2 is 2.20 bits per heavy atom. The summed E-state index contributed by atoms with van der Waals surface area (Å²) in [6, 6.07) is 13.8. The van der Waals surface area contributed by atoms with Crippen LogP contribution in [-0.2, 0) is 6.42 Å². The van der Waals surface area contributed by atoms with E-state index in [2.05, 4.69) is 27.6 Å². The SMILES string of the molecule is CC(C)Oc1ccc(-c2nc(-c3cccc4c3CC[C@H]4NCCO)no2)cc1C#N. The molecule has 4 rings (SSSR count). The molecule has 1 aliphatic rings. The fourth-order valence-corrected chi connectivity index (χ4v) is 3.87. The van der Waals surface area contributed by atoms with Gasteiger partial charge in [-0.1, -0.05) is 23.4 Å². The molecule has 30 heavy (non-hydrogen) atoms. The summed E-state index contributed by atoms with van der Waals surface area (Å²) in [7, 11) is 0. The Morgan fingerprint density at radius 3 is 2.97 bits per heavy atom. The molecular formula is C23H24N4O3. The summed E-state index contributed by atoms with van der Waals surface area (Å²) in [4.78, 5) is 4.59. The van der Waals surface area contributed by atoms with Crippen molar-refractivity contribution in [2.24, 2.45) is 0 Å². The van der Waals surface area contributed by atoms with Crippen LogP contribution in [0.25, 0.3) is 22.8 Å². The van der Waals surface area contributed by atoms with Gasteiger partial charge in [0.15, 0.2) is 0 Å². The molecule has 3 aromatic rings. The summed E-state index contributed by atoms with van der Waals surface area (Å²) in [6.45, 7) is 4.52. The molecule has 1 heterocycles. The number of nitrogens with zero attached hydrogens (tertiary/aromatic N) is 3. The highest BCUT2D eigenvalue weighted by atomic mass is 16.5. The minimum Gasteiger partial charge on any atom is -0.490 e. The number of nitrogens with one attached hydrogen (secondary N) is 1. The van der Waals surface area contributed by atoms with Crippen LogP contribution in [-0.4, -0.2) is 34.5 Å². The van der Waals surface area contributed by atoms with Gasteiger partial charge in [-0.3, -0.25) is 0 Å². The van der Waals surface area contributed by atoms with E-state index in [0.29, 0.717) is 35.1 Å². The van der Waals surface area contributed by atoms with E-state index in [1.165, 1.54) is 11.1 Å². The maximum atomic E-state index is 9.46. The molecule has 7 heteroatoms. The Bertz CT molecular complexity index is 1080. The monoisotopic (exact) mass is 404 g/mol. The lowest BCUT2D eigenvalue weighted by Crippen LogP contribution is -2.22. The first-order chi connectivity index (χ1) is 14.6. The number of fused-ring (bicyclic) bond motifs is 1. The lowest BCUT2D eigenvalue weighted by atomic mass is 10.0. The molecule has 7 nitrogen and oxygen atoms in total. The average Bonchev–Trinajstić information content (AvgIpc) is 3.39. The number of ether oxygens (including phenoxy) is 1. The smallest absolute Gasteiger partial charge is 0.258 e. The van der Waals surface area contributed by atoms with Crippen molar-refractivity contribution in [1.82, 2.24) is 15.5 Å². The normalized spacial score (nSPS) is 15.2. The second-order valence-corrected chi connectivity index (χ2v) is 7.55. The molecule has 0 unspecified atom stereocenters. The molecule has 1 aromatic heterocycles. The van der Waals surface area contributed by atoms with Crippen molar-refractivity contribution in [2.45, 2.75) is 38.8 Å². The molecule has 1 aliphatic carbocycles. The molecule has 0 aliphatic heterocycles. The van der Waals surface area contributed by atoms with Gasteiger partial charge < -0.3 is 19.7 Å². The highest BCUT2D eigenvalue weighted by Crippen LogP contribution is 2.37. The average molecular weight is 404 g/mol. The van der Waals surface area contributed by atoms with Crippen molar-refractivity contribution in [3.8, 4) is 34.7 Å². The molecule has 154 valence electrons. The third-order valence-corrected chi connectivity index (χ3v) is 5.15. The number of aliphatic hydroxyl groups is 1. The van der Waals surface area contributed by atoms with Gasteiger partial charge in [-0.15, -0.1) is 0 Å². The van der Waals surface area contributed by atoms with Crippen molar-refractivity contribution < 1.29 is 14.4 Å². The molecule has 1 atom stereocenters. The molecule has 2 N–H and O–H groups in total. The van der Waals surface area contributed by atoms with Gasteiger partial charge >= 0.3 is 0 Å². The van der Waals surface area contributed by atoms with Gasteiger partial charge in [0.2, 0.25) is 5.82 Å². The van der Waals surface area contributed by atoms with Crippen LogP contribution in [0.1, 0.15) is 43.0 Å². The number of aromatic nitrogens is 2. The second-order valence-electron chi connectivity index (χ2n) is 7.55. The highest BCUT2D eigenvalue weighted by molar-refractivity contribution is 5.67. The number of hydrogen-bond donors (Lipinski definition) is 2. The molecule has 0 amide bonds. The van der Waals surface area contributed by atoms with Crippen molar-refractivity contribution in [3.63, 3.8) is 0 Å². The fraction of sp³-hybridized carbons (Fsp3) is 0.348. The van der Waals surface area contributed by atoms with Crippen molar-refractivity contribution in [3.05, 3.63) is 53.1 Å². The molecule has 0 saturated heterocycles. The summed E-state index contributed by atoms with van der Waals surface area (Å²) in [6.07, 6.45) is 1.87. The summed E-state index contributed by atoms with van der Waals surface area (Å²) in [5, 5.41) is 26.1. The number of rotatable bonds is 7. The first-order valence-corrected chi connectivity index (χ1v) is 10.1. The quantitative estimate of drug-likeness (QED) is 0.619. The van der Waals surface area contributed by atoms with Crippen molar-refractivity contribution in [1.29, 1.82) is 5.26 Å². The number of hydrogen-bond acceptors (Lipinski definition) is 7. The van der Waals surface area contributed by atoms with Crippen LogP contribution in [0.2, 0.25) is 0 Å². The molecule has 0 fully saturated rings. The molecule has 2 aromatic carbocycles. The van der Waals surface area contributed by atoms with Crippen molar-refractivity contribution >= 4 is 0 Å². The highest BCUT2D eigenvalue weighted by Gasteiger charge is 2.26. The zero-order chi connectivity index (χ0) is 21.1. The van der Waals surface area contributed by atoms with E-state index in [1.54, 1.807) is 12.1 Å². The van der Waals surface area contributed by atoms with E-state index in [1.807, 2.05) is 32.0 Å². The first-order valence-electron chi connectivity index (χ1n) is 10.1. The first kappa shape index (κ1) is 20.1. The Kier molecular flexibility index (Phi) is 5.79. The second kappa shape index (κ2) is 8.66. The fourth-order valence-electron chi connectivity index (χ4n) is 3.87. The Labute approximate surface area is 175 Å². The van der Waals surface area contributed by atoms with E-state index in [-0.39, 0.29) is 18.8 Å². The standard InChI is InChI=1S/C23H24N4O3/c1-14(2)29-21-9-6-15(12-16(21)13-24)23-26-22(27-30-23)19-5-3-4-18-17(19)7-8-20(18)25-10-11-28/h3-6,9,12,14,20,25,28H,7-8,10-11H2,1-2H3/t20-/m1/s1. The number of benzene rings is 2. The van der Waals surface area contributed by atoms with E-state index in [4.69, 9.17) is 14.4 Å². The van der Waals surface area contributed by atoms with Crippen LogP contribution in [0, 0.1) is 11.3 Å². The van der Waals surface area contributed by atoms with Gasteiger partial charge in [0.05, 0.1) is 18.3 Å². The van der Waals surface area contributed by atoms with Gasteiger partial charge in [0.25, 0.3) is 5.89 Å². The summed E-state index contributed by atoms with van der Waals surface area (Å²) < 4.78 is 11.2. The Balaban J connectivity index is 1.63. The van der Waals surface area contributed by atoms with Crippen LogP contribution in [0.15, 0.2) is 40.9 Å². The number of nitriles is 1. The van der Waals surface area contributed by atoms with Crippen LogP contribution in [0.5, 0.6) is 5.75 Å². The van der Waals surface area contributed by atoms with Crippen LogP contribution < -0.4 is 10.1 Å². The zero-order valence-corrected chi connectivity index (χ0v) is 17.1. The molecule has 0 radical (unpaired) electrons. The van der Waals surface area contributed by atoms with E-state index in [9.17, 15) is 5.26 Å². The number of aliphatic hydroxyl groups excluding tert-OH is 1. The van der Waals surface area contributed by atoms with Gasteiger partial charge in [0, 0.05) is 23.7 Å². The lowest BCUT2D eigenvalue weighted by molar-refractivity contribution is 0.241. The third-order valence-electron chi connectivity index (χ3n) is 5.15. The van der Waals surface area contributed by atoms with Gasteiger partial charge in [0.1, 0.15) is 11.8 Å². The van der Waals surface area contributed by atoms with Gasteiger partial charge in [-0.05, 0) is 56.0 Å². The van der Waals surface area contributed by atoms with Gasteiger partial charge in [-0.2, -0.15) is 10.2 Å². The van der Waals surface area contributed by atoms with E-state index >= 15 is 0 Å². The van der Waals surface area contributed by atoms with E-state index < -0.39 is 0 Å². The van der Waals surface area contributed by atoms with Crippen LogP contribution in [0.4, 0.5) is 0 Å². The summed E-state index contributed by atoms with van der Waals surface area (Å²) in [5.74, 6) is 1.44. The lowest BCUT2D eigenvalue weighted by Gasteiger charge is -2.13. The van der Waals surface area contributed by atoms with Gasteiger partial charge in [-0.25, -0.2) is 0 Å². The van der Waals surface area contributed by atoms with E-state index in [0.717, 1.165) is 18.4 Å². The van der Waals surface area contributed by atoms with Crippen LogP contribution in [0.3, 0.4) is 0 Å². The van der Waals surface area contributed by atoms with Crippen LogP contribution >= 0.6 is 0 Å². The largest absolute Gasteiger partial charge is 0.490 e. The molecular weight excluding hydrogens is 380 g/mol. The Hall–Kier alpha value is -3.21. The predicted octanol–water partition coefficient (Wildman–Crippen LogP) is 3.63. The summed E-state index contributed by atoms with van der Waals surface area (Å²) >= 11 is 0. The topological polar surface area (TPSA) is 104 Å². The maximum Gasteiger partial charge on any atom is 0.258 e. The predicted molar refractivity (Wildman–Crippen MR) is 112 cm³/mol. The van der Waals surface area contributed by atoms with Crippen molar-refractivity contribution in [2.75, 3.05) is 13.2 Å². The minimum absolute atomic E-state index is 0.0196. The maximum absolute atomic E-state index is 9.46.